The summed E-state index contributed by atoms with van der Waals surface area (Å²) in [7, 11) is 0. The highest BCUT2D eigenvalue weighted by atomic mass is 32.2. The smallest absolute Gasteiger partial charge is 0.233 e. The molecule has 0 bridgehead atoms. The van der Waals surface area contributed by atoms with Crippen LogP contribution in [-0.4, -0.2) is 62.4 Å². The van der Waals surface area contributed by atoms with E-state index in [0.29, 0.717) is 18.3 Å². The second kappa shape index (κ2) is 9.33. The number of amides is 2. The highest BCUT2D eigenvalue weighted by molar-refractivity contribution is 8.14. The highest BCUT2D eigenvalue weighted by Gasteiger charge is 2.51. The fourth-order valence-electron chi connectivity index (χ4n) is 5.68. The van der Waals surface area contributed by atoms with Gasteiger partial charge in [-0.05, 0) is 44.6 Å². The van der Waals surface area contributed by atoms with Gasteiger partial charge in [0.15, 0.2) is 11.5 Å². The Balaban J connectivity index is 1.32. The number of nitrogens with one attached hydrogen (secondary N) is 1. The molecule has 1 aliphatic carbocycles. The number of thioether (sulfide) groups is 1. The number of amidine groups is 1. The predicted octanol–water partition coefficient (Wildman–Crippen LogP) is 3.18. The average Bonchev–Trinajstić information content (AvgIpc) is 3.25. The summed E-state index contributed by atoms with van der Waals surface area (Å²) >= 11 is 1.52. The summed E-state index contributed by atoms with van der Waals surface area (Å²) in [6.07, 6.45) is 7.30. The minimum absolute atomic E-state index is 0.00669. The molecule has 1 N–H and O–H groups in total. The van der Waals surface area contributed by atoms with Gasteiger partial charge in [-0.2, -0.15) is 5.10 Å². The van der Waals surface area contributed by atoms with Gasteiger partial charge in [-0.15, -0.1) is 0 Å². The molecule has 172 valence electrons. The summed E-state index contributed by atoms with van der Waals surface area (Å²) in [5, 5.41) is 5.48. The van der Waals surface area contributed by atoms with Crippen molar-refractivity contribution in [1.82, 2.24) is 20.1 Å². The Morgan fingerprint density at radius 2 is 1.91 bits per heavy atom. The molecule has 0 aromatic heterocycles. The van der Waals surface area contributed by atoms with Gasteiger partial charge >= 0.3 is 0 Å². The van der Waals surface area contributed by atoms with Crippen LogP contribution >= 0.6 is 11.8 Å². The van der Waals surface area contributed by atoms with Crippen LogP contribution < -0.4 is 5.43 Å². The lowest BCUT2D eigenvalue weighted by Gasteiger charge is -2.50. The van der Waals surface area contributed by atoms with E-state index in [2.05, 4.69) is 34.5 Å². The van der Waals surface area contributed by atoms with Gasteiger partial charge in [-0.25, -0.2) is 0 Å². The molecular formula is C24H33N5O2S. The number of benzene rings is 1. The summed E-state index contributed by atoms with van der Waals surface area (Å²) in [5.74, 6) is 0.833. The van der Waals surface area contributed by atoms with Crippen LogP contribution in [-0.2, 0) is 16.1 Å². The third kappa shape index (κ3) is 4.09. The number of piperidine rings is 1. The van der Waals surface area contributed by atoms with Gasteiger partial charge < -0.3 is 9.80 Å². The quantitative estimate of drug-likeness (QED) is 0.755. The first-order valence-electron chi connectivity index (χ1n) is 12.0. The lowest BCUT2D eigenvalue weighted by atomic mass is 9.81. The van der Waals surface area contributed by atoms with E-state index in [0.717, 1.165) is 55.8 Å². The summed E-state index contributed by atoms with van der Waals surface area (Å²) < 4.78 is 0. The topological polar surface area (TPSA) is 68.2 Å². The first-order valence-corrected chi connectivity index (χ1v) is 13.0. The molecule has 1 aromatic carbocycles. The largest absolute Gasteiger partial charge is 0.339 e. The fourth-order valence-corrected chi connectivity index (χ4v) is 6.60. The summed E-state index contributed by atoms with van der Waals surface area (Å²) in [5.41, 5.74) is 4.35. The standard InChI is InChI=1S/C24H33N5O2S/c1-17-9-7-8-14-27(17)21(30)16-32-24-26-25-23-28(15-18-10-3-2-4-11-18)22(31)19-12-5-6-13-20(19)29(23)24/h2-4,10-11,17,19-20,23,25H,5-9,12-16H2,1H3. The number of rotatable bonds is 4. The minimum atomic E-state index is -0.270. The Bertz CT molecular complexity index is 878. The zero-order valence-corrected chi connectivity index (χ0v) is 19.6. The monoisotopic (exact) mass is 455 g/mol. The molecule has 4 unspecified atom stereocenters. The van der Waals surface area contributed by atoms with Crippen molar-refractivity contribution in [2.75, 3.05) is 12.3 Å². The summed E-state index contributed by atoms with van der Waals surface area (Å²) in [6.45, 7) is 3.58. The third-order valence-corrected chi connectivity index (χ3v) is 8.34. The molecular weight excluding hydrogens is 422 g/mol. The number of carbonyl (C=O) groups excluding carboxylic acids is 2. The number of carbonyl (C=O) groups is 2. The van der Waals surface area contributed by atoms with E-state index in [-0.39, 0.29) is 30.1 Å². The number of likely N-dealkylation sites (tertiary alicyclic amines) is 1. The highest BCUT2D eigenvalue weighted by Crippen LogP contribution is 2.39. The molecule has 1 saturated carbocycles. The fraction of sp³-hybridized carbons (Fsp3) is 0.625. The van der Waals surface area contributed by atoms with Gasteiger partial charge in [-0.1, -0.05) is 54.9 Å². The normalized spacial score (nSPS) is 29.8. The molecule has 5 rings (SSSR count). The van der Waals surface area contributed by atoms with E-state index in [1.807, 2.05) is 28.0 Å². The first kappa shape index (κ1) is 21.6. The molecule has 1 aromatic rings. The Kier molecular flexibility index (Phi) is 6.31. The third-order valence-electron chi connectivity index (χ3n) is 7.39. The van der Waals surface area contributed by atoms with Crippen LogP contribution in [0.4, 0.5) is 0 Å². The van der Waals surface area contributed by atoms with E-state index in [9.17, 15) is 9.59 Å². The predicted molar refractivity (Wildman–Crippen MR) is 126 cm³/mol. The van der Waals surface area contributed by atoms with Crippen molar-refractivity contribution < 1.29 is 9.59 Å². The molecule has 0 radical (unpaired) electrons. The minimum Gasteiger partial charge on any atom is -0.339 e. The number of hydrogen-bond acceptors (Lipinski definition) is 6. The van der Waals surface area contributed by atoms with Crippen LogP contribution in [0.25, 0.3) is 0 Å². The maximum absolute atomic E-state index is 13.5. The average molecular weight is 456 g/mol. The Morgan fingerprint density at radius 1 is 1.12 bits per heavy atom. The van der Waals surface area contributed by atoms with E-state index in [4.69, 9.17) is 0 Å². The number of hydrogen-bond donors (Lipinski definition) is 1. The number of nitrogens with zero attached hydrogens (tertiary/aromatic N) is 4. The van der Waals surface area contributed by atoms with Crippen molar-refractivity contribution >= 4 is 28.7 Å². The molecule has 4 atom stereocenters. The molecule has 2 amide bonds. The van der Waals surface area contributed by atoms with Crippen LogP contribution in [0.15, 0.2) is 35.4 Å². The van der Waals surface area contributed by atoms with Gasteiger partial charge in [0.25, 0.3) is 0 Å². The van der Waals surface area contributed by atoms with Crippen molar-refractivity contribution in [2.24, 2.45) is 11.0 Å². The van der Waals surface area contributed by atoms with E-state index in [1.165, 1.54) is 18.2 Å². The molecule has 3 fully saturated rings. The summed E-state index contributed by atoms with van der Waals surface area (Å²) in [4.78, 5) is 32.6. The van der Waals surface area contributed by atoms with Crippen LogP contribution in [0.1, 0.15) is 57.4 Å². The lowest BCUT2D eigenvalue weighted by Crippen LogP contribution is -2.66. The van der Waals surface area contributed by atoms with Gasteiger partial charge in [0, 0.05) is 25.2 Å². The maximum atomic E-state index is 13.5. The SMILES string of the molecule is CC1CCCCN1C(=O)CSC1=NNC2N(Cc3ccccc3)C(=O)C3CCCCC3N12. The van der Waals surface area contributed by atoms with E-state index in [1.54, 1.807) is 0 Å². The Morgan fingerprint density at radius 3 is 2.72 bits per heavy atom. The van der Waals surface area contributed by atoms with E-state index >= 15 is 0 Å². The van der Waals surface area contributed by atoms with Crippen LogP contribution in [0, 0.1) is 5.92 Å². The van der Waals surface area contributed by atoms with Crippen LogP contribution in [0.3, 0.4) is 0 Å². The zero-order valence-electron chi connectivity index (χ0n) is 18.8. The molecule has 3 heterocycles. The van der Waals surface area contributed by atoms with E-state index < -0.39 is 0 Å². The van der Waals surface area contributed by atoms with Gasteiger partial charge in [0.1, 0.15) is 0 Å². The van der Waals surface area contributed by atoms with Crippen molar-refractivity contribution in [3.8, 4) is 0 Å². The lowest BCUT2D eigenvalue weighted by molar-refractivity contribution is -0.156. The molecule has 8 heteroatoms. The maximum Gasteiger partial charge on any atom is 0.233 e. The molecule has 2 saturated heterocycles. The van der Waals surface area contributed by atoms with Gasteiger partial charge in [0.2, 0.25) is 11.8 Å². The van der Waals surface area contributed by atoms with Crippen molar-refractivity contribution in [3.05, 3.63) is 35.9 Å². The number of fused-ring (bicyclic) bond motifs is 3. The molecule has 3 aliphatic heterocycles. The molecule has 32 heavy (non-hydrogen) atoms. The summed E-state index contributed by atoms with van der Waals surface area (Å²) in [6, 6.07) is 10.6. The van der Waals surface area contributed by atoms with Crippen molar-refractivity contribution in [3.63, 3.8) is 0 Å². The molecule has 7 nitrogen and oxygen atoms in total. The van der Waals surface area contributed by atoms with Gasteiger partial charge in [-0.3, -0.25) is 19.9 Å². The first-order chi connectivity index (χ1) is 15.6. The van der Waals surface area contributed by atoms with Gasteiger partial charge in [0.05, 0.1) is 11.7 Å². The molecule has 0 spiro atoms. The second-order valence-electron chi connectivity index (χ2n) is 9.44. The van der Waals surface area contributed by atoms with Crippen molar-refractivity contribution in [2.45, 2.75) is 76.8 Å². The Hall–Kier alpha value is -2.22. The van der Waals surface area contributed by atoms with Crippen molar-refractivity contribution in [1.29, 1.82) is 0 Å². The van der Waals surface area contributed by atoms with Crippen LogP contribution in [0.2, 0.25) is 0 Å². The Labute approximate surface area is 194 Å². The van der Waals surface area contributed by atoms with Crippen LogP contribution in [0.5, 0.6) is 0 Å². The number of hydrazone groups is 1. The zero-order chi connectivity index (χ0) is 22.1. The molecule has 4 aliphatic rings. The second-order valence-corrected chi connectivity index (χ2v) is 10.4.